The van der Waals surface area contributed by atoms with Gasteiger partial charge in [-0.15, -0.1) is 0 Å². The van der Waals surface area contributed by atoms with Gasteiger partial charge in [0.1, 0.15) is 5.75 Å². The van der Waals surface area contributed by atoms with Crippen molar-refractivity contribution in [2.45, 2.75) is 32.6 Å². The Morgan fingerprint density at radius 3 is 2.19 bits per heavy atom. The van der Waals surface area contributed by atoms with Crippen molar-refractivity contribution in [1.82, 2.24) is 4.98 Å². The van der Waals surface area contributed by atoms with Crippen molar-refractivity contribution in [3.8, 4) is 16.9 Å². The van der Waals surface area contributed by atoms with Gasteiger partial charge < -0.3 is 14.6 Å². The number of H-pyrrole nitrogens is 1. The molecule has 5 heteroatoms. The number of nitrogens with zero attached hydrogens (tertiary/aromatic N) is 1. The van der Waals surface area contributed by atoms with Gasteiger partial charge in [-0.3, -0.25) is 9.59 Å². The number of hydrogen-bond acceptors (Lipinski definition) is 3. The van der Waals surface area contributed by atoms with E-state index in [-0.39, 0.29) is 16.9 Å². The second-order valence-electron chi connectivity index (χ2n) is 9.80. The lowest BCUT2D eigenvalue weighted by molar-refractivity contribution is 0.0984. The highest BCUT2D eigenvalue weighted by Crippen LogP contribution is 2.38. The number of para-hydroxylation sites is 1. The minimum Gasteiger partial charge on any atom is -0.496 e. The molecule has 1 heterocycles. The summed E-state index contributed by atoms with van der Waals surface area (Å²) in [6.07, 6.45) is 2.31. The zero-order chi connectivity index (χ0) is 25.7. The number of rotatable bonds is 7. The Balaban J connectivity index is 1.86. The fourth-order valence-electron chi connectivity index (χ4n) is 4.36. The number of carbonyl (C=O) groups excluding carboxylic acids is 1. The van der Waals surface area contributed by atoms with Crippen LogP contribution >= 0.6 is 0 Å². The SMILES string of the molecule is COc1c(C(=O)N(CCc2ccccc2)c2ccccc2)cc(-c2ccc[nH]c2=O)cc1C(C)(C)C. The summed E-state index contributed by atoms with van der Waals surface area (Å²) >= 11 is 0. The van der Waals surface area contributed by atoms with Crippen LogP contribution in [0.15, 0.2) is 95.9 Å². The Labute approximate surface area is 212 Å². The van der Waals surface area contributed by atoms with Gasteiger partial charge in [0, 0.05) is 29.6 Å². The predicted molar refractivity (Wildman–Crippen MR) is 146 cm³/mol. The van der Waals surface area contributed by atoms with E-state index in [0.717, 1.165) is 16.8 Å². The molecule has 184 valence electrons. The number of aromatic nitrogens is 1. The Morgan fingerprint density at radius 2 is 1.58 bits per heavy atom. The number of anilines is 1. The van der Waals surface area contributed by atoms with Crippen molar-refractivity contribution in [2.75, 3.05) is 18.6 Å². The molecule has 0 unspecified atom stereocenters. The van der Waals surface area contributed by atoms with E-state index in [1.165, 1.54) is 0 Å². The second kappa shape index (κ2) is 10.6. The van der Waals surface area contributed by atoms with E-state index in [2.05, 4.69) is 37.9 Å². The van der Waals surface area contributed by atoms with E-state index in [4.69, 9.17) is 4.74 Å². The van der Waals surface area contributed by atoms with Crippen LogP contribution in [0.3, 0.4) is 0 Å². The van der Waals surface area contributed by atoms with E-state index in [1.807, 2.05) is 54.6 Å². The number of aromatic amines is 1. The van der Waals surface area contributed by atoms with Crippen LogP contribution in [0, 0.1) is 0 Å². The number of benzene rings is 3. The Hall–Kier alpha value is -4.12. The third kappa shape index (κ3) is 5.41. The molecule has 0 bridgehead atoms. The molecule has 36 heavy (non-hydrogen) atoms. The normalized spacial score (nSPS) is 11.2. The zero-order valence-corrected chi connectivity index (χ0v) is 21.2. The molecule has 4 aromatic rings. The largest absolute Gasteiger partial charge is 0.496 e. The van der Waals surface area contributed by atoms with Gasteiger partial charge in [-0.05, 0) is 59.4 Å². The summed E-state index contributed by atoms with van der Waals surface area (Å²) in [5.41, 5.74) is 3.92. The highest BCUT2D eigenvalue weighted by atomic mass is 16.5. The summed E-state index contributed by atoms with van der Waals surface area (Å²) in [5, 5.41) is 0. The number of amides is 1. The molecular weight excluding hydrogens is 448 g/mol. The van der Waals surface area contributed by atoms with Crippen LogP contribution in [-0.2, 0) is 11.8 Å². The summed E-state index contributed by atoms with van der Waals surface area (Å²) in [7, 11) is 1.59. The molecular formula is C31H32N2O3. The van der Waals surface area contributed by atoms with Crippen LogP contribution in [0.1, 0.15) is 42.3 Å². The highest BCUT2D eigenvalue weighted by Gasteiger charge is 2.28. The Kier molecular flexibility index (Phi) is 7.39. The number of ether oxygens (including phenoxy) is 1. The standard InChI is InChI=1S/C31H32N2O3/c1-31(2,3)27-21-23(25-16-11-18-32-29(25)34)20-26(28(27)36-4)30(35)33(24-14-9-6-10-15-24)19-17-22-12-7-5-8-13-22/h5-16,18,20-21H,17,19H2,1-4H3,(H,32,34). The molecule has 4 rings (SSSR count). The van der Waals surface area contributed by atoms with Crippen LogP contribution in [0.2, 0.25) is 0 Å². The molecule has 0 spiro atoms. The summed E-state index contributed by atoms with van der Waals surface area (Å²) in [5.74, 6) is 0.359. The summed E-state index contributed by atoms with van der Waals surface area (Å²) in [6, 6.07) is 27.1. The summed E-state index contributed by atoms with van der Waals surface area (Å²) in [4.78, 5) is 31.4. The van der Waals surface area contributed by atoms with Crippen LogP contribution in [-0.4, -0.2) is 24.5 Å². The highest BCUT2D eigenvalue weighted by molar-refractivity contribution is 6.09. The predicted octanol–water partition coefficient (Wildman–Crippen LogP) is 6.24. The number of methoxy groups -OCH3 is 1. The second-order valence-corrected chi connectivity index (χ2v) is 9.80. The number of hydrogen-bond donors (Lipinski definition) is 1. The first-order valence-electron chi connectivity index (χ1n) is 12.1. The van der Waals surface area contributed by atoms with Gasteiger partial charge in [-0.2, -0.15) is 0 Å². The lowest BCUT2D eigenvalue weighted by Crippen LogP contribution is -2.33. The zero-order valence-electron chi connectivity index (χ0n) is 21.2. The maximum absolute atomic E-state index is 14.3. The van der Waals surface area contributed by atoms with Crippen LogP contribution in [0.5, 0.6) is 5.75 Å². The molecule has 0 atom stereocenters. The lowest BCUT2D eigenvalue weighted by Gasteiger charge is -2.28. The van der Waals surface area contributed by atoms with E-state index < -0.39 is 0 Å². The molecule has 0 aliphatic heterocycles. The molecule has 3 aromatic carbocycles. The van der Waals surface area contributed by atoms with E-state index in [9.17, 15) is 9.59 Å². The quantitative estimate of drug-likeness (QED) is 0.341. The van der Waals surface area contributed by atoms with Crippen LogP contribution < -0.4 is 15.2 Å². The van der Waals surface area contributed by atoms with Crippen LogP contribution in [0.25, 0.3) is 11.1 Å². The van der Waals surface area contributed by atoms with Gasteiger partial charge in [0.15, 0.2) is 0 Å². The van der Waals surface area contributed by atoms with Crippen molar-refractivity contribution >= 4 is 11.6 Å². The molecule has 1 N–H and O–H groups in total. The van der Waals surface area contributed by atoms with E-state index in [0.29, 0.717) is 35.4 Å². The van der Waals surface area contributed by atoms with Gasteiger partial charge in [-0.1, -0.05) is 69.3 Å². The van der Waals surface area contributed by atoms with Gasteiger partial charge in [0.25, 0.3) is 11.5 Å². The Bertz CT molecular complexity index is 1390. The van der Waals surface area contributed by atoms with Crippen molar-refractivity contribution in [3.63, 3.8) is 0 Å². The smallest absolute Gasteiger partial charge is 0.262 e. The molecule has 1 aromatic heterocycles. The van der Waals surface area contributed by atoms with Crippen molar-refractivity contribution in [3.05, 3.63) is 118 Å². The van der Waals surface area contributed by atoms with Crippen molar-refractivity contribution in [2.24, 2.45) is 0 Å². The average molecular weight is 481 g/mol. The third-order valence-electron chi connectivity index (χ3n) is 6.24. The first-order valence-corrected chi connectivity index (χ1v) is 12.1. The molecule has 0 fully saturated rings. The van der Waals surface area contributed by atoms with E-state index >= 15 is 0 Å². The van der Waals surface area contributed by atoms with Crippen LogP contribution in [0.4, 0.5) is 5.69 Å². The fourth-order valence-corrected chi connectivity index (χ4v) is 4.36. The first-order chi connectivity index (χ1) is 17.3. The summed E-state index contributed by atoms with van der Waals surface area (Å²) < 4.78 is 5.86. The number of carbonyl (C=O) groups is 1. The Morgan fingerprint density at radius 1 is 0.917 bits per heavy atom. The fraction of sp³-hybridized carbons (Fsp3) is 0.226. The minimum absolute atomic E-state index is 0.173. The van der Waals surface area contributed by atoms with Gasteiger partial charge in [0.05, 0.1) is 12.7 Å². The molecule has 5 nitrogen and oxygen atoms in total. The molecule has 0 aliphatic carbocycles. The minimum atomic E-state index is -0.320. The molecule has 0 radical (unpaired) electrons. The molecule has 0 saturated carbocycles. The number of nitrogens with one attached hydrogen (secondary N) is 1. The lowest BCUT2D eigenvalue weighted by atomic mass is 9.83. The molecule has 0 saturated heterocycles. The third-order valence-corrected chi connectivity index (χ3v) is 6.24. The monoisotopic (exact) mass is 480 g/mol. The summed E-state index contributed by atoms with van der Waals surface area (Å²) in [6.45, 7) is 6.71. The maximum atomic E-state index is 14.3. The maximum Gasteiger partial charge on any atom is 0.262 e. The number of pyridine rings is 1. The van der Waals surface area contributed by atoms with Gasteiger partial charge in [0.2, 0.25) is 0 Å². The first kappa shape index (κ1) is 25.0. The molecule has 1 amide bonds. The van der Waals surface area contributed by atoms with Gasteiger partial charge in [-0.25, -0.2) is 0 Å². The average Bonchev–Trinajstić information content (AvgIpc) is 2.89. The topological polar surface area (TPSA) is 62.4 Å². The van der Waals surface area contributed by atoms with Crippen molar-refractivity contribution in [1.29, 1.82) is 0 Å². The van der Waals surface area contributed by atoms with Crippen molar-refractivity contribution < 1.29 is 9.53 Å². The van der Waals surface area contributed by atoms with Gasteiger partial charge >= 0.3 is 0 Å². The molecule has 0 aliphatic rings. The van der Waals surface area contributed by atoms with E-state index in [1.54, 1.807) is 36.4 Å².